The third-order valence-corrected chi connectivity index (χ3v) is 5.96. The van der Waals surface area contributed by atoms with Gasteiger partial charge in [-0.25, -0.2) is 0 Å². The van der Waals surface area contributed by atoms with E-state index in [4.69, 9.17) is 5.73 Å². The van der Waals surface area contributed by atoms with Gasteiger partial charge >= 0.3 is 0 Å². The van der Waals surface area contributed by atoms with E-state index in [1.54, 1.807) is 0 Å². The number of hydrogen-bond acceptors (Lipinski definition) is 3. The van der Waals surface area contributed by atoms with Crippen molar-refractivity contribution in [2.24, 2.45) is 17.1 Å². The molecule has 3 N–H and O–H groups in total. The summed E-state index contributed by atoms with van der Waals surface area (Å²) in [7, 11) is 0. The fourth-order valence-electron chi connectivity index (χ4n) is 4.11. The summed E-state index contributed by atoms with van der Waals surface area (Å²) in [5.74, 6) is 0.805. The number of nitrogens with two attached hydrogens (primary N) is 1. The van der Waals surface area contributed by atoms with E-state index in [1.807, 2.05) is 0 Å². The Morgan fingerprint density at radius 3 is 2.11 bits per heavy atom. The topological polar surface area (TPSA) is 49.5 Å². The highest BCUT2D eigenvalue weighted by Crippen LogP contribution is 2.49. The first-order chi connectivity index (χ1) is 8.92. The van der Waals surface area contributed by atoms with Crippen LogP contribution in [-0.4, -0.2) is 41.3 Å². The second-order valence-corrected chi connectivity index (χ2v) is 7.33. The van der Waals surface area contributed by atoms with Gasteiger partial charge in [-0.15, -0.1) is 0 Å². The van der Waals surface area contributed by atoms with Crippen LogP contribution in [0.4, 0.5) is 0 Å². The molecule has 0 amide bonds. The first kappa shape index (κ1) is 15.3. The smallest absolute Gasteiger partial charge is 0.0740 e. The Kier molecular flexibility index (Phi) is 4.59. The van der Waals surface area contributed by atoms with Crippen molar-refractivity contribution < 1.29 is 5.11 Å². The van der Waals surface area contributed by atoms with E-state index in [0.29, 0.717) is 12.6 Å². The molecule has 1 saturated heterocycles. The van der Waals surface area contributed by atoms with Crippen molar-refractivity contribution in [3.63, 3.8) is 0 Å². The van der Waals surface area contributed by atoms with Crippen molar-refractivity contribution in [1.29, 1.82) is 0 Å². The molecule has 2 rings (SSSR count). The Hall–Kier alpha value is -0.120. The maximum Gasteiger partial charge on any atom is 0.0740 e. The lowest BCUT2D eigenvalue weighted by Gasteiger charge is -2.54. The van der Waals surface area contributed by atoms with E-state index in [-0.39, 0.29) is 5.41 Å². The third kappa shape index (κ3) is 2.84. The summed E-state index contributed by atoms with van der Waals surface area (Å²) in [6.45, 7) is 9.50. The number of nitrogens with zero attached hydrogens (tertiary/aromatic N) is 1. The Morgan fingerprint density at radius 1 is 1.16 bits per heavy atom. The summed E-state index contributed by atoms with van der Waals surface area (Å²) in [4.78, 5) is 2.48. The SMILES string of the molecule is CC1CCC(CN)(C2(O)CCN(C(C)C)CC2)CC1. The van der Waals surface area contributed by atoms with Crippen molar-refractivity contribution >= 4 is 0 Å². The molecule has 2 aliphatic rings. The van der Waals surface area contributed by atoms with Gasteiger partial charge in [-0.1, -0.05) is 19.8 Å². The molecule has 3 nitrogen and oxygen atoms in total. The second kappa shape index (κ2) is 5.71. The number of aliphatic hydroxyl groups is 1. The minimum atomic E-state index is -0.521. The fourth-order valence-corrected chi connectivity index (χ4v) is 4.11. The Morgan fingerprint density at radius 2 is 1.68 bits per heavy atom. The summed E-state index contributed by atoms with van der Waals surface area (Å²) in [5, 5.41) is 11.2. The normalized spacial score (nSPS) is 36.6. The van der Waals surface area contributed by atoms with E-state index in [0.717, 1.165) is 44.7 Å². The van der Waals surface area contributed by atoms with Gasteiger partial charge in [0.25, 0.3) is 0 Å². The molecule has 1 aliphatic heterocycles. The van der Waals surface area contributed by atoms with Gasteiger partial charge in [0.1, 0.15) is 0 Å². The highest BCUT2D eigenvalue weighted by atomic mass is 16.3. The van der Waals surface area contributed by atoms with E-state index in [2.05, 4.69) is 25.7 Å². The quantitative estimate of drug-likeness (QED) is 0.826. The van der Waals surface area contributed by atoms with Crippen LogP contribution in [0, 0.1) is 11.3 Å². The molecule has 0 aromatic carbocycles. The van der Waals surface area contributed by atoms with Gasteiger partial charge in [0, 0.05) is 31.1 Å². The van der Waals surface area contributed by atoms with Gasteiger partial charge in [0.05, 0.1) is 5.60 Å². The maximum atomic E-state index is 11.2. The number of rotatable bonds is 3. The summed E-state index contributed by atoms with van der Waals surface area (Å²) < 4.78 is 0. The molecule has 0 aromatic heterocycles. The molecule has 0 spiro atoms. The van der Waals surface area contributed by atoms with Gasteiger partial charge < -0.3 is 15.7 Å². The summed E-state index contributed by atoms with van der Waals surface area (Å²) in [6, 6.07) is 0.588. The molecule has 2 fully saturated rings. The van der Waals surface area contributed by atoms with E-state index < -0.39 is 5.60 Å². The van der Waals surface area contributed by atoms with Gasteiger partial charge in [0.15, 0.2) is 0 Å². The van der Waals surface area contributed by atoms with Crippen LogP contribution in [0.1, 0.15) is 59.3 Å². The van der Waals surface area contributed by atoms with Crippen molar-refractivity contribution in [1.82, 2.24) is 4.90 Å². The molecular weight excluding hydrogens is 236 g/mol. The van der Waals surface area contributed by atoms with Gasteiger partial charge in [-0.3, -0.25) is 0 Å². The third-order valence-electron chi connectivity index (χ3n) is 5.96. The van der Waals surface area contributed by atoms with Crippen LogP contribution in [0.2, 0.25) is 0 Å². The first-order valence-corrected chi connectivity index (χ1v) is 8.09. The van der Waals surface area contributed by atoms with Crippen LogP contribution in [0.15, 0.2) is 0 Å². The molecule has 1 aliphatic carbocycles. The Balaban J connectivity index is 2.06. The molecule has 1 heterocycles. The Labute approximate surface area is 118 Å². The molecule has 0 atom stereocenters. The van der Waals surface area contributed by atoms with Gasteiger partial charge in [0.2, 0.25) is 0 Å². The number of piperidine rings is 1. The fraction of sp³-hybridized carbons (Fsp3) is 1.00. The highest BCUT2D eigenvalue weighted by Gasteiger charge is 2.51. The molecule has 112 valence electrons. The molecule has 0 aromatic rings. The van der Waals surface area contributed by atoms with Crippen LogP contribution in [0.25, 0.3) is 0 Å². The molecule has 3 heteroatoms. The summed E-state index contributed by atoms with van der Waals surface area (Å²) in [6.07, 6.45) is 6.49. The lowest BCUT2D eigenvalue weighted by Crippen LogP contribution is -2.59. The molecule has 0 radical (unpaired) electrons. The number of hydrogen-bond donors (Lipinski definition) is 2. The molecular formula is C16H32N2O. The standard InChI is InChI=1S/C16H32N2O/c1-13(2)18-10-8-16(19,9-11-18)15(12-17)6-4-14(3)5-7-15/h13-14,19H,4-12,17H2,1-3H3. The summed E-state index contributed by atoms with van der Waals surface area (Å²) >= 11 is 0. The molecule has 19 heavy (non-hydrogen) atoms. The Bertz CT molecular complexity index is 287. The van der Waals surface area contributed by atoms with Crippen LogP contribution >= 0.6 is 0 Å². The van der Waals surface area contributed by atoms with Crippen molar-refractivity contribution in [2.45, 2.75) is 70.9 Å². The van der Waals surface area contributed by atoms with Crippen LogP contribution < -0.4 is 5.73 Å². The van der Waals surface area contributed by atoms with E-state index in [1.165, 1.54) is 12.8 Å². The predicted octanol–water partition coefficient (Wildman–Crippen LogP) is 2.38. The van der Waals surface area contributed by atoms with Gasteiger partial charge in [-0.2, -0.15) is 0 Å². The summed E-state index contributed by atoms with van der Waals surface area (Å²) in [5.41, 5.74) is 5.59. The van der Waals surface area contributed by atoms with Crippen molar-refractivity contribution in [2.75, 3.05) is 19.6 Å². The van der Waals surface area contributed by atoms with E-state index in [9.17, 15) is 5.11 Å². The number of likely N-dealkylation sites (tertiary alicyclic amines) is 1. The first-order valence-electron chi connectivity index (χ1n) is 8.09. The van der Waals surface area contributed by atoms with Crippen LogP contribution in [0.5, 0.6) is 0 Å². The zero-order valence-electron chi connectivity index (χ0n) is 13.0. The minimum Gasteiger partial charge on any atom is -0.389 e. The largest absolute Gasteiger partial charge is 0.389 e. The van der Waals surface area contributed by atoms with Crippen molar-refractivity contribution in [3.8, 4) is 0 Å². The average molecular weight is 268 g/mol. The zero-order chi connectivity index (χ0) is 14.1. The van der Waals surface area contributed by atoms with Crippen molar-refractivity contribution in [3.05, 3.63) is 0 Å². The zero-order valence-corrected chi connectivity index (χ0v) is 13.0. The second-order valence-electron chi connectivity index (χ2n) is 7.33. The predicted molar refractivity (Wildman–Crippen MR) is 80.0 cm³/mol. The molecule has 1 saturated carbocycles. The van der Waals surface area contributed by atoms with E-state index >= 15 is 0 Å². The lowest BCUT2D eigenvalue weighted by atomic mass is 9.58. The average Bonchev–Trinajstić information content (AvgIpc) is 2.40. The highest BCUT2D eigenvalue weighted by molar-refractivity contribution is 5.04. The van der Waals surface area contributed by atoms with Crippen LogP contribution in [-0.2, 0) is 0 Å². The minimum absolute atomic E-state index is 0.0113. The molecule has 0 bridgehead atoms. The lowest BCUT2D eigenvalue weighted by molar-refractivity contribution is -0.138. The maximum absolute atomic E-state index is 11.2. The molecule has 0 unspecified atom stereocenters. The van der Waals surface area contributed by atoms with Gasteiger partial charge in [-0.05, 0) is 45.4 Å². The van der Waals surface area contributed by atoms with Crippen LogP contribution in [0.3, 0.4) is 0 Å². The monoisotopic (exact) mass is 268 g/mol.